The number of aromatic carboxylic acids is 1. The third kappa shape index (κ3) is 2.68. The first-order chi connectivity index (χ1) is 8.90. The van der Waals surface area contributed by atoms with Crippen molar-refractivity contribution in [2.24, 2.45) is 0 Å². The highest BCUT2D eigenvalue weighted by Gasteiger charge is 2.18. The number of sulfonamides is 1. The standard InChI is InChI=1S/C11H9NO6S/c13-9-6-7(3-4-8(9)11(14)15)12-19(16,17)10-2-1-5-18-10/h1-6,12-13H,(H,14,15). The van der Waals surface area contributed by atoms with Gasteiger partial charge in [-0.15, -0.1) is 0 Å². The zero-order valence-electron chi connectivity index (χ0n) is 9.40. The van der Waals surface area contributed by atoms with E-state index in [1.54, 1.807) is 0 Å². The number of furan rings is 1. The van der Waals surface area contributed by atoms with Crippen molar-refractivity contribution < 1.29 is 27.8 Å². The fraction of sp³-hybridized carbons (Fsp3) is 0. The molecule has 0 saturated carbocycles. The lowest BCUT2D eigenvalue weighted by Crippen LogP contribution is -2.12. The highest BCUT2D eigenvalue weighted by Crippen LogP contribution is 2.24. The molecule has 0 atom stereocenters. The summed E-state index contributed by atoms with van der Waals surface area (Å²) in [5.41, 5.74) is -0.292. The van der Waals surface area contributed by atoms with Gasteiger partial charge in [-0.25, -0.2) is 4.79 Å². The summed E-state index contributed by atoms with van der Waals surface area (Å²) in [6.45, 7) is 0. The Bertz CT molecular complexity index is 705. The largest absolute Gasteiger partial charge is 0.507 e. The fourth-order valence-corrected chi connectivity index (χ4v) is 2.38. The third-order valence-corrected chi connectivity index (χ3v) is 3.51. The first-order valence-electron chi connectivity index (χ1n) is 5.03. The number of hydrogen-bond acceptors (Lipinski definition) is 5. The molecule has 0 radical (unpaired) electrons. The Morgan fingerprint density at radius 1 is 1.26 bits per heavy atom. The molecule has 0 aliphatic heterocycles. The zero-order chi connectivity index (χ0) is 14.0. The molecule has 7 nitrogen and oxygen atoms in total. The van der Waals surface area contributed by atoms with Crippen molar-refractivity contribution in [2.75, 3.05) is 4.72 Å². The Kier molecular flexibility index (Phi) is 3.17. The lowest BCUT2D eigenvalue weighted by Gasteiger charge is -2.07. The number of phenols is 1. The van der Waals surface area contributed by atoms with E-state index in [9.17, 15) is 18.3 Å². The van der Waals surface area contributed by atoms with Crippen LogP contribution in [0.4, 0.5) is 5.69 Å². The minimum Gasteiger partial charge on any atom is -0.507 e. The average molecular weight is 283 g/mol. The maximum Gasteiger partial charge on any atom is 0.339 e. The summed E-state index contributed by atoms with van der Waals surface area (Å²) in [6.07, 6.45) is 1.21. The summed E-state index contributed by atoms with van der Waals surface area (Å²) in [4.78, 5) is 10.7. The van der Waals surface area contributed by atoms with Crippen LogP contribution in [0.5, 0.6) is 5.75 Å². The van der Waals surface area contributed by atoms with Gasteiger partial charge in [0, 0.05) is 6.07 Å². The summed E-state index contributed by atoms with van der Waals surface area (Å²) >= 11 is 0. The summed E-state index contributed by atoms with van der Waals surface area (Å²) in [7, 11) is -3.90. The van der Waals surface area contributed by atoms with Crippen molar-refractivity contribution in [3.63, 3.8) is 0 Å². The van der Waals surface area contributed by atoms with Gasteiger partial charge < -0.3 is 14.6 Å². The van der Waals surface area contributed by atoms with Gasteiger partial charge in [0.1, 0.15) is 11.3 Å². The zero-order valence-corrected chi connectivity index (χ0v) is 10.2. The monoisotopic (exact) mass is 283 g/mol. The average Bonchev–Trinajstić information content (AvgIpc) is 2.81. The number of nitrogens with one attached hydrogen (secondary N) is 1. The first-order valence-corrected chi connectivity index (χ1v) is 6.51. The minimum atomic E-state index is -3.90. The predicted molar refractivity (Wildman–Crippen MR) is 64.6 cm³/mol. The maximum atomic E-state index is 11.8. The van der Waals surface area contributed by atoms with E-state index in [1.807, 2.05) is 0 Å². The molecule has 2 aromatic rings. The Labute approximate surface area is 108 Å². The molecule has 100 valence electrons. The number of anilines is 1. The quantitative estimate of drug-likeness (QED) is 0.782. The summed E-state index contributed by atoms with van der Waals surface area (Å²) in [6, 6.07) is 6.00. The van der Waals surface area contributed by atoms with E-state index in [0.29, 0.717) is 0 Å². The van der Waals surface area contributed by atoms with Gasteiger partial charge in [0.2, 0.25) is 5.09 Å². The molecule has 19 heavy (non-hydrogen) atoms. The molecule has 0 bridgehead atoms. The van der Waals surface area contributed by atoms with E-state index in [-0.39, 0.29) is 16.3 Å². The maximum absolute atomic E-state index is 11.8. The molecule has 1 aromatic heterocycles. The molecular formula is C11H9NO6S. The van der Waals surface area contributed by atoms with Crippen LogP contribution in [-0.4, -0.2) is 24.6 Å². The predicted octanol–water partition coefficient (Wildman–Crippen LogP) is 1.48. The van der Waals surface area contributed by atoms with E-state index >= 15 is 0 Å². The van der Waals surface area contributed by atoms with Gasteiger partial charge >= 0.3 is 5.97 Å². The second-order valence-corrected chi connectivity index (χ2v) is 5.19. The van der Waals surface area contributed by atoms with Gasteiger partial charge in [-0.2, -0.15) is 8.42 Å². The number of hydrogen-bond donors (Lipinski definition) is 3. The second-order valence-electron chi connectivity index (χ2n) is 3.57. The van der Waals surface area contributed by atoms with Gasteiger partial charge in [-0.3, -0.25) is 4.72 Å². The van der Waals surface area contributed by atoms with Crippen molar-refractivity contribution in [1.82, 2.24) is 0 Å². The molecule has 2 rings (SSSR count). The molecular weight excluding hydrogens is 274 g/mol. The summed E-state index contributed by atoms with van der Waals surface area (Å²) in [5, 5.41) is 17.9. The summed E-state index contributed by atoms with van der Waals surface area (Å²) in [5.74, 6) is -1.84. The van der Waals surface area contributed by atoms with Gasteiger partial charge in [0.05, 0.1) is 12.0 Å². The molecule has 0 aliphatic rings. The highest BCUT2D eigenvalue weighted by molar-refractivity contribution is 7.92. The number of benzene rings is 1. The third-order valence-electron chi connectivity index (χ3n) is 2.24. The molecule has 0 amide bonds. The van der Waals surface area contributed by atoms with Gasteiger partial charge in [0.25, 0.3) is 10.0 Å². The Hall–Kier alpha value is -2.48. The molecule has 1 aromatic carbocycles. The van der Waals surface area contributed by atoms with Crippen LogP contribution in [0.25, 0.3) is 0 Å². The van der Waals surface area contributed by atoms with E-state index in [0.717, 1.165) is 12.1 Å². The van der Waals surface area contributed by atoms with Crippen molar-refractivity contribution in [3.05, 3.63) is 42.2 Å². The number of rotatable bonds is 4. The van der Waals surface area contributed by atoms with Gasteiger partial charge in [-0.1, -0.05) is 0 Å². The molecule has 8 heteroatoms. The van der Waals surface area contributed by atoms with Crippen LogP contribution >= 0.6 is 0 Å². The normalized spacial score (nSPS) is 11.2. The van der Waals surface area contributed by atoms with Crippen LogP contribution in [0.1, 0.15) is 10.4 Å². The number of aromatic hydroxyl groups is 1. The molecule has 0 unspecified atom stereocenters. The molecule has 0 spiro atoms. The van der Waals surface area contributed by atoms with Gasteiger partial charge in [-0.05, 0) is 24.3 Å². The van der Waals surface area contributed by atoms with E-state index in [2.05, 4.69) is 4.72 Å². The van der Waals surface area contributed by atoms with E-state index in [4.69, 9.17) is 9.52 Å². The van der Waals surface area contributed by atoms with Crippen molar-refractivity contribution in [2.45, 2.75) is 5.09 Å². The molecule has 0 aliphatic carbocycles. The van der Waals surface area contributed by atoms with Crippen LogP contribution in [0.15, 0.2) is 46.1 Å². The summed E-state index contributed by atoms with van der Waals surface area (Å²) < 4.78 is 30.5. The fourth-order valence-electron chi connectivity index (χ4n) is 1.40. The van der Waals surface area contributed by atoms with Crippen LogP contribution in [0.3, 0.4) is 0 Å². The van der Waals surface area contributed by atoms with Gasteiger partial charge in [0.15, 0.2) is 0 Å². The van der Waals surface area contributed by atoms with E-state index in [1.165, 1.54) is 24.5 Å². The van der Waals surface area contributed by atoms with Crippen LogP contribution in [-0.2, 0) is 10.0 Å². The Morgan fingerprint density at radius 2 is 2.00 bits per heavy atom. The topological polar surface area (TPSA) is 117 Å². The van der Waals surface area contributed by atoms with Crippen LogP contribution < -0.4 is 4.72 Å². The Morgan fingerprint density at radius 3 is 2.53 bits per heavy atom. The van der Waals surface area contributed by atoms with Crippen molar-refractivity contribution in [3.8, 4) is 5.75 Å². The molecule has 3 N–H and O–H groups in total. The Balaban J connectivity index is 2.30. The van der Waals surface area contributed by atoms with Crippen molar-refractivity contribution in [1.29, 1.82) is 0 Å². The lowest BCUT2D eigenvalue weighted by molar-refractivity contribution is 0.0694. The SMILES string of the molecule is O=C(O)c1ccc(NS(=O)(=O)c2ccco2)cc1O. The first kappa shape index (κ1) is 13.0. The number of carboxylic acids is 1. The second kappa shape index (κ2) is 4.65. The molecule has 0 fully saturated rings. The van der Waals surface area contributed by atoms with E-state index < -0.39 is 21.7 Å². The van der Waals surface area contributed by atoms with Crippen LogP contribution in [0.2, 0.25) is 0 Å². The lowest BCUT2D eigenvalue weighted by atomic mass is 10.2. The van der Waals surface area contributed by atoms with Crippen molar-refractivity contribution >= 4 is 21.7 Å². The minimum absolute atomic E-state index is 0.0268. The highest BCUT2D eigenvalue weighted by atomic mass is 32.2. The molecule has 1 heterocycles. The number of carbonyl (C=O) groups is 1. The smallest absolute Gasteiger partial charge is 0.339 e. The number of carboxylic acid groups (broad SMARTS) is 1. The molecule has 0 saturated heterocycles. The van der Waals surface area contributed by atoms with Crippen LogP contribution in [0, 0.1) is 0 Å².